The molecule has 0 heterocycles. The third-order valence-electron chi connectivity index (χ3n) is 2.86. The number of nitrogens with two attached hydrogens (primary N) is 1. The van der Waals surface area contributed by atoms with Crippen LogP contribution < -0.4 is 5.73 Å². The van der Waals surface area contributed by atoms with E-state index in [0.717, 1.165) is 12.3 Å². The second-order valence-electron chi connectivity index (χ2n) is 4.45. The first-order valence-electron chi connectivity index (χ1n) is 5.67. The van der Waals surface area contributed by atoms with Crippen molar-refractivity contribution in [3.05, 3.63) is 11.6 Å². The Morgan fingerprint density at radius 2 is 2.38 bits per heavy atom. The molecule has 0 aromatic heterocycles. The largest absolute Gasteiger partial charge is 0.327 e. The molecule has 1 aliphatic rings. The normalized spacial score (nSPS) is 29.2. The lowest BCUT2D eigenvalue weighted by molar-refractivity contribution is 0.508. The first-order chi connectivity index (χ1) is 6.22. The number of allylic oxidation sites excluding steroid dienone is 1. The zero-order chi connectivity index (χ0) is 9.68. The highest BCUT2D eigenvalue weighted by Gasteiger charge is 2.13. The van der Waals surface area contributed by atoms with Crippen LogP contribution in [-0.4, -0.2) is 6.04 Å². The van der Waals surface area contributed by atoms with Crippen molar-refractivity contribution in [2.45, 2.75) is 58.4 Å². The van der Waals surface area contributed by atoms with Gasteiger partial charge in [-0.25, -0.2) is 0 Å². The molecule has 1 aliphatic carbocycles. The zero-order valence-corrected chi connectivity index (χ0v) is 9.05. The standard InChI is InChI=1S/C12H23N/c1-3-5-10(2)8-11-6-4-7-12(13)9-11/h8,10,12H,3-7,9,13H2,1-2H3. The Hall–Kier alpha value is -0.300. The molecular formula is C12H23N. The maximum atomic E-state index is 5.93. The lowest BCUT2D eigenvalue weighted by atomic mass is 9.88. The van der Waals surface area contributed by atoms with Crippen LogP contribution in [0.25, 0.3) is 0 Å². The second kappa shape index (κ2) is 5.43. The van der Waals surface area contributed by atoms with Gasteiger partial charge in [-0.3, -0.25) is 0 Å². The summed E-state index contributed by atoms with van der Waals surface area (Å²) >= 11 is 0. The van der Waals surface area contributed by atoms with Gasteiger partial charge in [0.2, 0.25) is 0 Å². The molecular weight excluding hydrogens is 158 g/mol. The van der Waals surface area contributed by atoms with E-state index in [9.17, 15) is 0 Å². The summed E-state index contributed by atoms with van der Waals surface area (Å²) in [5.41, 5.74) is 7.54. The summed E-state index contributed by atoms with van der Waals surface area (Å²) in [5, 5.41) is 0. The molecule has 0 amide bonds. The van der Waals surface area contributed by atoms with E-state index in [2.05, 4.69) is 19.9 Å². The van der Waals surface area contributed by atoms with Crippen LogP contribution >= 0.6 is 0 Å². The summed E-state index contributed by atoms with van der Waals surface area (Å²) in [4.78, 5) is 0. The van der Waals surface area contributed by atoms with Gasteiger partial charge in [-0.15, -0.1) is 0 Å². The summed E-state index contributed by atoms with van der Waals surface area (Å²) in [6, 6.07) is 0.439. The van der Waals surface area contributed by atoms with Crippen molar-refractivity contribution < 1.29 is 0 Å². The summed E-state index contributed by atoms with van der Waals surface area (Å²) < 4.78 is 0. The Balaban J connectivity index is 2.39. The van der Waals surface area contributed by atoms with Crippen LogP contribution in [0.1, 0.15) is 52.4 Å². The molecule has 0 aromatic rings. The van der Waals surface area contributed by atoms with E-state index in [1.54, 1.807) is 5.57 Å². The van der Waals surface area contributed by atoms with Gasteiger partial charge in [-0.1, -0.05) is 31.9 Å². The van der Waals surface area contributed by atoms with Crippen LogP contribution in [0.15, 0.2) is 11.6 Å². The predicted molar refractivity (Wildman–Crippen MR) is 58.6 cm³/mol. The predicted octanol–water partition coefficient (Wildman–Crippen LogP) is 3.25. The monoisotopic (exact) mass is 181 g/mol. The molecule has 0 saturated heterocycles. The first kappa shape index (κ1) is 10.8. The van der Waals surface area contributed by atoms with Gasteiger partial charge >= 0.3 is 0 Å². The van der Waals surface area contributed by atoms with E-state index in [1.807, 2.05) is 0 Å². The third kappa shape index (κ3) is 3.95. The molecule has 0 aromatic carbocycles. The van der Waals surface area contributed by atoms with Crippen molar-refractivity contribution in [3.63, 3.8) is 0 Å². The van der Waals surface area contributed by atoms with Gasteiger partial charge in [0.1, 0.15) is 0 Å². The fraction of sp³-hybridized carbons (Fsp3) is 0.833. The summed E-state index contributed by atoms with van der Waals surface area (Å²) in [6.07, 6.45) is 10.0. The average Bonchev–Trinajstić information content (AvgIpc) is 2.04. The highest BCUT2D eigenvalue weighted by atomic mass is 14.6. The Labute approximate surface area is 82.4 Å². The molecule has 1 fully saturated rings. The van der Waals surface area contributed by atoms with Crippen LogP contribution in [0.3, 0.4) is 0 Å². The lowest BCUT2D eigenvalue weighted by Crippen LogP contribution is -2.23. The molecule has 1 heteroatoms. The molecule has 1 saturated carbocycles. The zero-order valence-electron chi connectivity index (χ0n) is 9.05. The molecule has 2 unspecified atom stereocenters. The minimum absolute atomic E-state index is 0.439. The van der Waals surface area contributed by atoms with Crippen molar-refractivity contribution in [1.82, 2.24) is 0 Å². The topological polar surface area (TPSA) is 26.0 Å². The Morgan fingerprint density at radius 3 is 3.00 bits per heavy atom. The van der Waals surface area contributed by atoms with Gasteiger partial charge in [0.25, 0.3) is 0 Å². The molecule has 0 aliphatic heterocycles. The van der Waals surface area contributed by atoms with E-state index in [1.165, 1.54) is 32.1 Å². The Bertz CT molecular complexity index is 172. The summed E-state index contributed by atoms with van der Waals surface area (Å²) in [7, 11) is 0. The second-order valence-corrected chi connectivity index (χ2v) is 4.45. The average molecular weight is 181 g/mol. The highest BCUT2D eigenvalue weighted by Crippen LogP contribution is 2.24. The van der Waals surface area contributed by atoms with Crippen molar-refractivity contribution >= 4 is 0 Å². The number of rotatable bonds is 3. The van der Waals surface area contributed by atoms with Crippen LogP contribution in [0, 0.1) is 5.92 Å². The van der Waals surface area contributed by atoms with Gasteiger partial charge in [-0.05, 0) is 38.0 Å². The van der Waals surface area contributed by atoms with E-state index in [0.29, 0.717) is 6.04 Å². The summed E-state index contributed by atoms with van der Waals surface area (Å²) in [5.74, 6) is 0.755. The third-order valence-corrected chi connectivity index (χ3v) is 2.86. The van der Waals surface area contributed by atoms with Gasteiger partial charge < -0.3 is 5.73 Å². The van der Waals surface area contributed by atoms with E-state index in [4.69, 9.17) is 5.73 Å². The van der Waals surface area contributed by atoms with Crippen LogP contribution in [0.5, 0.6) is 0 Å². The van der Waals surface area contributed by atoms with Crippen LogP contribution in [-0.2, 0) is 0 Å². The smallest absolute Gasteiger partial charge is 0.00761 e. The fourth-order valence-electron chi connectivity index (χ4n) is 2.22. The molecule has 0 bridgehead atoms. The maximum absolute atomic E-state index is 5.93. The molecule has 0 radical (unpaired) electrons. The molecule has 13 heavy (non-hydrogen) atoms. The molecule has 76 valence electrons. The minimum Gasteiger partial charge on any atom is -0.327 e. The summed E-state index contributed by atoms with van der Waals surface area (Å²) in [6.45, 7) is 4.57. The van der Waals surface area contributed by atoms with Crippen molar-refractivity contribution in [2.75, 3.05) is 0 Å². The van der Waals surface area contributed by atoms with Gasteiger partial charge in [0.05, 0.1) is 0 Å². The maximum Gasteiger partial charge on any atom is 0.00761 e. The van der Waals surface area contributed by atoms with E-state index in [-0.39, 0.29) is 0 Å². The fourth-order valence-corrected chi connectivity index (χ4v) is 2.22. The Morgan fingerprint density at radius 1 is 1.62 bits per heavy atom. The Kier molecular flexibility index (Phi) is 4.51. The molecule has 1 rings (SSSR count). The van der Waals surface area contributed by atoms with Gasteiger partial charge in [-0.2, -0.15) is 0 Å². The van der Waals surface area contributed by atoms with Crippen molar-refractivity contribution in [2.24, 2.45) is 11.7 Å². The van der Waals surface area contributed by atoms with Crippen molar-refractivity contribution in [3.8, 4) is 0 Å². The SMILES string of the molecule is CCCC(C)C=C1CCCC(N)C1. The minimum atomic E-state index is 0.439. The van der Waals surface area contributed by atoms with Gasteiger partial charge in [0.15, 0.2) is 0 Å². The van der Waals surface area contributed by atoms with E-state index >= 15 is 0 Å². The quantitative estimate of drug-likeness (QED) is 0.664. The highest BCUT2D eigenvalue weighted by molar-refractivity contribution is 5.08. The first-order valence-corrected chi connectivity index (χ1v) is 5.67. The molecule has 2 atom stereocenters. The number of hydrogen-bond donors (Lipinski definition) is 1. The van der Waals surface area contributed by atoms with Crippen molar-refractivity contribution in [1.29, 1.82) is 0 Å². The number of hydrogen-bond acceptors (Lipinski definition) is 1. The molecule has 2 N–H and O–H groups in total. The van der Waals surface area contributed by atoms with Crippen LogP contribution in [0.2, 0.25) is 0 Å². The van der Waals surface area contributed by atoms with E-state index < -0.39 is 0 Å². The van der Waals surface area contributed by atoms with Gasteiger partial charge in [0, 0.05) is 6.04 Å². The molecule has 1 nitrogen and oxygen atoms in total. The lowest BCUT2D eigenvalue weighted by Gasteiger charge is -2.21. The van der Waals surface area contributed by atoms with Crippen LogP contribution in [0.4, 0.5) is 0 Å². The molecule has 0 spiro atoms.